The zero-order chi connectivity index (χ0) is 17.9. The summed E-state index contributed by atoms with van der Waals surface area (Å²) in [6.45, 7) is 1.51. The molecule has 1 N–H and O–H groups in total. The summed E-state index contributed by atoms with van der Waals surface area (Å²) < 4.78 is 6.19. The average Bonchev–Trinajstić information content (AvgIpc) is 2.63. The molecule has 1 fully saturated rings. The Morgan fingerprint density at radius 3 is 2.44 bits per heavy atom. The van der Waals surface area contributed by atoms with Crippen molar-refractivity contribution in [3.63, 3.8) is 0 Å². The zero-order valence-electron chi connectivity index (χ0n) is 13.4. The number of rotatable bonds is 4. The Morgan fingerprint density at radius 1 is 1.16 bits per heavy atom. The number of hydrogen-bond acceptors (Lipinski definition) is 5. The molecule has 0 aromatic heterocycles. The van der Waals surface area contributed by atoms with E-state index in [4.69, 9.17) is 4.74 Å². The van der Waals surface area contributed by atoms with E-state index in [0.717, 1.165) is 18.7 Å². The third-order valence-electron chi connectivity index (χ3n) is 4.38. The third kappa shape index (κ3) is 3.72. The predicted octanol–water partition coefficient (Wildman–Crippen LogP) is 3.79. The number of carbonyl (C=O) groups excluding carboxylic acids is 1. The van der Waals surface area contributed by atoms with Crippen molar-refractivity contribution in [2.45, 2.75) is 18.4 Å². The van der Waals surface area contributed by atoms with Gasteiger partial charge in [-0.05, 0) is 46.7 Å². The lowest BCUT2D eigenvalue weighted by molar-refractivity contribution is -0.385. The number of piperidine rings is 1. The van der Waals surface area contributed by atoms with Crippen LogP contribution in [0.25, 0.3) is 0 Å². The number of esters is 1. The van der Waals surface area contributed by atoms with Crippen LogP contribution in [0.15, 0.2) is 53.0 Å². The van der Waals surface area contributed by atoms with Gasteiger partial charge in [0.2, 0.25) is 0 Å². The fraction of sp³-hybridized carbons (Fsp3) is 0.278. The maximum atomic E-state index is 12.7. The van der Waals surface area contributed by atoms with E-state index in [0.29, 0.717) is 12.8 Å². The molecule has 0 aliphatic carbocycles. The van der Waals surface area contributed by atoms with Crippen LogP contribution in [-0.4, -0.2) is 24.0 Å². The molecule has 1 heterocycles. The SMILES string of the molecule is O=C(OC1(c2ccccc2)CCNCC1)c1ccc([N+](=O)[O-])c(Br)c1. The van der Waals surface area contributed by atoms with Crippen molar-refractivity contribution in [1.29, 1.82) is 0 Å². The van der Waals surface area contributed by atoms with Crippen molar-refractivity contribution in [2.24, 2.45) is 0 Å². The number of ether oxygens (including phenoxy) is 1. The molecule has 0 atom stereocenters. The Kier molecular flexibility index (Phi) is 5.15. The van der Waals surface area contributed by atoms with E-state index < -0.39 is 16.5 Å². The second-order valence-corrected chi connectivity index (χ2v) is 6.78. The summed E-state index contributed by atoms with van der Waals surface area (Å²) in [5.41, 5.74) is 0.478. The molecule has 2 aromatic rings. The standard InChI is InChI=1S/C18H17BrN2O4/c19-15-12-13(6-7-16(15)21(23)24)17(22)25-18(8-10-20-11-9-18)14-4-2-1-3-5-14/h1-7,12,20H,8-11H2. The van der Waals surface area contributed by atoms with Crippen LogP contribution in [0.3, 0.4) is 0 Å². The molecular weight excluding hydrogens is 388 g/mol. The summed E-state index contributed by atoms with van der Waals surface area (Å²) in [6.07, 6.45) is 1.35. The van der Waals surface area contributed by atoms with Gasteiger partial charge in [-0.25, -0.2) is 4.79 Å². The molecule has 7 heteroatoms. The second-order valence-electron chi connectivity index (χ2n) is 5.92. The summed E-state index contributed by atoms with van der Waals surface area (Å²) in [5, 5.41) is 14.2. The number of nitro benzene ring substituents is 1. The van der Waals surface area contributed by atoms with Crippen LogP contribution in [0.1, 0.15) is 28.8 Å². The second kappa shape index (κ2) is 7.33. The van der Waals surface area contributed by atoms with Gasteiger partial charge in [0.25, 0.3) is 5.69 Å². The van der Waals surface area contributed by atoms with Crippen molar-refractivity contribution in [3.8, 4) is 0 Å². The van der Waals surface area contributed by atoms with Gasteiger partial charge in [-0.15, -0.1) is 0 Å². The fourth-order valence-corrected chi connectivity index (χ4v) is 3.56. The van der Waals surface area contributed by atoms with Gasteiger partial charge in [-0.3, -0.25) is 10.1 Å². The van der Waals surface area contributed by atoms with Crippen LogP contribution in [0, 0.1) is 10.1 Å². The summed E-state index contributed by atoms with van der Waals surface area (Å²) in [7, 11) is 0. The quantitative estimate of drug-likeness (QED) is 0.476. The van der Waals surface area contributed by atoms with Gasteiger partial charge in [0.05, 0.1) is 15.0 Å². The minimum absolute atomic E-state index is 0.0869. The van der Waals surface area contributed by atoms with E-state index in [9.17, 15) is 14.9 Å². The summed E-state index contributed by atoms with van der Waals surface area (Å²) in [5.74, 6) is -0.485. The number of carbonyl (C=O) groups is 1. The molecule has 0 saturated carbocycles. The Balaban J connectivity index is 1.89. The van der Waals surface area contributed by atoms with E-state index in [2.05, 4.69) is 21.2 Å². The first kappa shape index (κ1) is 17.6. The number of benzene rings is 2. The van der Waals surface area contributed by atoms with Crippen LogP contribution in [0.4, 0.5) is 5.69 Å². The number of nitrogens with one attached hydrogen (secondary N) is 1. The summed E-state index contributed by atoms with van der Waals surface area (Å²) in [6, 6.07) is 13.9. The van der Waals surface area contributed by atoms with E-state index in [1.54, 1.807) is 0 Å². The zero-order valence-corrected chi connectivity index (χ0v) is 15.0. The van der Waals surface area contributed by atoms with Crippen LogP contribution in [0.5, 0.6) is 0 Å². The average molecular weight is 405 g/mol. The summed E-state index contributed by atoms with van der Waals surface area (Å²) in [4.78, 5) is 23.1. The first-order valence-corrected chi connectivity index (χ1v) is 8.75. The Labute approximate surface area is 153 Å². The van der Waals surface area contributed by atoms with E-state index in [-0.39, 0.29) is 15.7 Å². The molecule has 0 radical (unpaired) electrons. The molecule has 0 amide bonds. The van der Waals surface area contributed by atoms with E-state index in [1.807, 2.05) is 30.3 Å². The van der Waals surface area contributed by atoms with Gasteiger partial charge < -0.3 is 10.1 Å². The minimum Gasteiger partial charge on any atom is -0.450 e. The number of hydrogen-bond donors (Lipinski definition) is 1. The first-order valence-electron chi connectivity index (χ1n) is 7.95. The van der Waals surface area contributed by atoms with Gasteiger partial charge in [0.15, 0.2) is 0 Å². The molecule has 3 rings (SSSR count). The molecule has 130 valence electrons. The monoisotopic (exact) mass is 404 g/mol. The lowest BCUT2D eigenvalue weighted by atomic mass is 9.84. The van der Waals surface area contributed by atoms with Gasteiger partial charge in [0, 0.05) is 18.9 Å². The smallest absolute Gasteiger partial charge is 0.339 e. The highest BCUT2D eigenvalue weighted by Gasteiger charge is 2.38. The molecule has 0 bridgehead atoms. The van der Waals surface area contributed by atoms with E-state index in [1.165, 1.54) is 18.2 Å². The van der Waals surface area contributed by atoms with Crippen molar-refractivity contribution in [1.82, 2.24) is 5.32 Å². The number of halogens is 1. The highest BCUT2D eigenvalue weighted by Crippen LogP contribution is 2.36. The Morgan fingerprint density at radius 2 is 1.84 bits per heavy atom. The van der Waals surface area contributed by atoms with Gasteiger partial charge in [-0.1, -0.05) is 30.3 Å². The summed E-state index contributed by atoms with van der Waals surface area (Å²) >= 11 is 3.14. The molecule has 1 aliphatic heterocycles. The Hall–Kier alpha value is -2.25. The van der Waals surface area contributed by atoms with Crippen molar-refractivity contribution >= 4 is 27.6 Å². The molecule has 6 nitrogen and oxygen atoms in total. The van der Waals surface area contributed by atoms with Crippen molar-refractivity contribution in [3.05, 3.63) is 74.2 Å². The van der Waals surface area contributed by atoms with Gasteiger partial charge in [0.1, 0.15) is 5.60 Å². The highest BCUT2D eigenvalue weighted by molar-refractivity contribution is 9.10. The van der Waals surface area contributed by atoms with Crippen LogP contribution in [-0.2, 0) is 10.3 Å². The highest BCUT2D eigenvalue weighted by atomic mass is 79.9. The number of nitro groups is 1. The lowest BCUT2D eigenvalue weighted by Gasteiger charge is -2.37. The largest absolute Gasteiger partial charge is 0.450 e. The van der Waals surface area contributed by atoms with Crippen molar-refractivity contribution in [2.75, 3.05) is 13.1 Å². The maximum absolute atomic E-state index is 12.7. The molecule has 0 spiro atoms. The third-order valence-corrected chi connectivity index (χ3v) is 5.01. The fourth-order valence-electron chi connectivity index (χ4n) is 3.04. The number of nitrogens with zero attached hydrogens (tertiary/aromatic N) is 1. The van der Waals surface area contributed by atoms with Crippen molar-refractivity contribution < 1.29 is 14.5 Å². The Bertz CT molecular complexity index is 789. The van der Waals surface area contributed by atoms with Gasteiger partial charge >= 0.3 is 5.97 Å². The van der Waals surface area contributed by atoms with Crippen LogP contribution >= 0.6 is 15.9 Å². The molecule has 1 saturated heterocycles. The first-order chi connectivity index (χ1) is 12.0. The van der Waals surface area contributed by atoms with Crippen LogP contribution < -0.4 is 5.32 Å². The van der Waals surface area contributed by atoms with Crippen LogP contribution in [0.2, 0.25) is 0 Å². The normalized spacial score (nSPS) is 16.2. The lowest BCUT2D eigenvalue weighted by Crippen LogP contribution is -2.43. The molecular formula is C18H17BrN2O4. The van der Waals surface area contributed by atoms with E-state index >= 15 is 0 Å². The predicted molar refractivity (Wildman–Crippen MR) is 96.4 cm³/mol. The molecule has 0 unspecified atom stereocenters. The minimum atomic E-state index is -0.683. The topological polar surface area (TPSA) is 81.5 Å². The molecule has 25 heavy (non-hydrogen) atoms. The molecule has 1 aliphatic rings. The van der Waals surface area contributed by atoms with Gasteiger partial charge in [-0.2, -0.15) is 0 Å². The molecule has 2 aromatic carbocycles. The maximum Gasteiger partial charge on any atom is 0.339 e.